The predicted molar refractivity (Wildman–Crippen MR) is 139 cm³/mol. The van der Waals surface area contributed by atoms with Gasteiger partial charge < -0.3 is 19.7 Å². The Morgan fingerprint density at radius 1 is 1.08 bits per heavy atom. The summed E-state index contributed by atoms with van der Waals surface area (Å²) in [6.45, 7) is 4.84. The molecule has 0 radical (unpaired) electrons. The molecule has 1 heterocycles. The van der Waals surface area contributed by atoms with Gasteiger partial charge in [0, 0.05) is 28.7 Å². The van der Waals surface area contributed by atoms with Crippen LogP contribution in [0.5, 0.6) is 11.5 Å². The number of sulfonamides is 1. The standard InChI is InChI=1S/C24H29Cl2N3O6S/c1-5-15(2)27-24(31)16(3)28(12-17-6-7-18(25)10-20(17)26)23(30)13-29(36(4,32)33)19-8-9-21-22(11-19)35-14-34-21/h6-11,15-16H,5,12-14H2,1-4H3,(H,27,31)/t15-,16+/m1/s1. The van der Waals surface area contributed by atoms with E-state index in [1.54, 1.807) is 31.2 Å². The molecule has 2 aromatic rings. The van der Waals surface area contributed by atoms with Gasteiger partial charge in [0.2, 0.25) is 28.6 Å². The van der Waals surface area contributed by atoms with Crippen molar-refractivity contribution in [2.45, 2.75) is 45.8 Å². The van der Waals surface area contributed by atoms with Crippen LogP contribution < -0.4 is 19.1 Å². The lowest BCUT2D eigenvalue weighted by molar-refractivity contribution is -0.139. The Bertz CT molecular complexity index is 1240. The number of ether oxygens (including phenoxy) is 2. The van der Waals surface area contributed by atoms with Gasteiger partial charge in [0.1, 0.15) is 12.6 Å². The van der Waals surface area contributed by atoms with Gasteiger partial charge in [-0.05, 0) is 50.1 Å². The lowest BCUT2D eigenvalue weighted by Crippen LogP contribution is -2.52. The molecule has 2 aromatic carbocycles. The van der Waals surface area contributed by atoms with Crippen LogP contribution in [0.3, 0.4) is 0 Å². The normalized spacial score (nSPS) is 14.2. The number of halogens is 2. The Kier molecular flexibility index (Phi) is 8.97. The molecule has 1 aliphatic rings. The minimum atomic E-state index is -3.87. The summed E-state index contributed by atoms with van der Waals surface area (Å²) in [4.78, 5) is 27.9. The Morgan fingerprint density at radius 3 is 2.42 bits per heavy atom. The van der Waals surface area contributed by atoms with E-state index in [4.69, 9.17) is 32.7 Å². The van der Waals surface area contributed by atoms with Gasteiger partial charge in [0.25, 0.3) is 0 Å². The van der Waals surface area contributed by atoms with E-state index in [0.29, 0.717) is 33.5 Å². The van der Waals surface area contributed by atoms with E-state index >= 15 is 0 Å². The fourth-order valence-corrected chi connectivity index (χ4v) is 4.85. The molecule has 0 bridgehead atoms. The molecule has 2 atom stereocenters. The summed E-state index contributed by atoms with van der Waals surface area (Å²) >= 11 is 12.4. The second-order valence-corrected chi connectivity index (χ2v) is 11.3. The number of carbonyl (C=O) groups excluding carboxylic acids is 2. The number of rotatable bonds is 10. The molecule has 0 spiro atoms. The summed E-state index contributed by atoms with van der Waals surface area (Å²) in [5.74, 6) is -0.0970. The Hall–Kier alpha value is -2.69. The highest BCUT2D eigenvalue weighted by Gasteiger charge is 2.31. The number of benzene rings is 2. The first-order chi connectivity index (χ1) is 16.9. The van der Waals surface area contributed by atoms with Crippen LogP contribution in [-0.4, -0.2) is 56.8 Å². The second kappa shape index (κ2) is 11.6. The first kappa shape index (κ1) is 27.9. The minimum absolute atomic E-state index is 0.0228. The van der Waals surface area contributed by atoms with Crippen LogP contribution >= 0.6 is 23.2 Å². The second-order valence-electron chi connectivity index (χ2n) is 8.56. The van der Waals surface area contributed by atoms with Gasteiger partial charge in [0.15, 0.2) is 11.5 Å². The first-order valence-electron chi connectivity index (χ1n) is 11.3. The van der Waals surface area contributed by atoms with Gasteiger partial charge in [0.05, 0.1) is 11.9 Å². The first-order valence-corrected chi connectivity index (χ1v) is 13.9. The molecule has 1 aliphatic heterocycles. The van der Waals surface area contributed by atoms with Crippen molar-refractivity contribution in [3.63, 3.8) is 0 Å². The molecule has 0 saturated carbocycles. The molecule has 0 aliphatic carbocycles. The van der Waals surface area contributed by atoms with Crippen LogP contribution in [-0.2, 0) is 26.2 Å². The molecule has 9 nitrogen and oxygen atoms in total. The topological polar surface area (TPSA) is 105 Å². The monoisotopic (exact) mass is 557 g/mol. The zero-order valence-corrected chi connectivity index (χ0v) is 22.8. The number of amides is 2. The van der Waals surface area contributed by atoms with Crippen molar-refractivity contribution < 1.29 is 27.5 Å². The largest absolute Gasteiger partial charge is 0.454 e. The number of nitrogens with zero attached hydrogens (tertiary/aromatic N) is 2. The highest BCUT2D eigenvalue weighted by Crippen LogP contribution is 2.36. The summed E-state index contributed by atoms with van der Waals surface area (Å²) < 4.78 is 37.0. The van der Waals surface area contributed by atoms with E-state index in [9.17, 15) is 18.0 Å². The Morgan fingerprint density at radius 2 is 1.78 bits per heavy atom. The van der Waals surface area contributed by atoms with Crippen molar-refractivity contribution in [1.29, 1.82) is 0 Å². The number of fused-ring (bicyclic) bond motifs is 1. The summed E-state index contributed by atoms with van der Waals surface area (Å²) in [5.41, 5.74) is 0.794. The van der Waals surface area contributed by atoms with E-state index in [-0.39, 0.29) is 31.0 Å². The zero-order valence-electron chi connectivity index (χ0n) is 20.5. The third-order valence-corrected chi connectivity index (χ3v) is 7.57. The van der Waals surface area contributed by atoms with Crippen molar-refractivity contribution >= 4 is 50.7 Å². The maximum atomic E-state index is 13.6. The highest BCUT2D eigenvalue weighted by atomic mass is 35.5. The molecular formula is C24H29Cl2N3O6S. The SMILES string of the molecule is CC[C@@H](C)NC(=O)[C@H](C)N(Cc1ccc(Cl)cc1Cl)C(=O)CN(c1ccc2c(c1)OCO2)S(C)(=O)=O. The van der Waals surface area contributed by atoms with Crippen molar-refractivity contribution in [3.05, 3.63) is 52.0 Å². The molecular weight excluding hydrogens is 529 g/mol. The van der Waals surface area contributed by atoms with Gasteiger partial charge in [-0.2, -0.15) is 0 Å². The summed E-state index contributed by atoms with van der Waals surface area (Å²) in [6, 6.07) is 8.43. The lowest BCUT2D eigenvalue weighted by atomic mass is 10.1. The molecule has 36 heavy (non-hydrogen) atoms. The van der Waals surface area contributed by atoms with Crippen LogP contribution in [0.4, 0.5) is 5.69 Å². The smallest absolute Gasteiger partial charge is 0.244 e. The molecule has 2 amide bonds. The minimum Gasteiger partial charge on any atom is -0.454 e. The van der Waals surface area contributed by atoms with E-state index < -0.39 is 28.5 Å². The van der Waals surface area contributed by atoms with E-state index in [0.717, 1.165) is 10.6 Å². The highest BCUT2D eigenvalue weighted by molar-refractivity contribution is 7.92. The number of hydrogen-bond donors (Lipinski definition) is 1. The van der Waals surface area contributed by atoms with E-state index in [2.05, 4.69) is 5.32 Å². The maximum absolute atomic E-state index is 13.6. The van der Waals surface area contributed by atoms with Gasteiger partial charge in [-0.1, -0.05) is 36.2 Å². The Balaban J connectivity index is 1.93. The summed E-state index contributed by atoms with van der Waals surface area (Å²) in [7, 11) is -3.87. The molecule has 1 N–H and O–H groups in total. The van der Waals surface area contributed by atoms with E-state index in [1.165, 1.54) is 17.0 Å². The zero-order chi connectivity index (χ0) is 26.6. The van der Waals surface area contributed by atoms with Crippen molar-refractivity contribution in [1.82, 2.24) is 10.2 Å². The molecule has 3 rings (SSSR count). The predicted octanol–water partition coefficient (Wildman–Crippen LogP) is 3.82. The average Bonchev–Trinajstić information content (AvgIpc) is 3.28. The van der Waals surface area contributed by atoms with Crippen molar-refractivity contribution in [3.8, 4) is 11.5 Å². The number of nitrogens with one attached hydrogen (secondary N) is 1. The van der Waals surface area contributed by atoms with Crippen LogP contribution in [0, 0.1) is 0 Å². The van der Waals surface area contributed by atoms with Crippen molar-refractivity contribution in [2.75, 3.05) is 23.9 Å². The van der Waals surface area contributed by atoms with Crippen LogP contribution in [0.15, 0.2) is 36.4 Å². The number of anilines is 1. The third kappa shape index (κ3) is 6.74. The van der Waals surface area contributed by atoms with Gasteiger partial charge in [-0.25, -0.2) is 8.42 Å². The maximum Gasteiger partial charge on any atom is 0.244 e. The van der Waals surface area contributed by atoms with Gasteiger partial charge in [-0.15, -0.1) is 0 Å². The fraction of sp³-hybridized carbons (Fsp3) is 0.417. The molecule has 0 fully saturated rings. The third-order valence-electron chi connectivity index (χ3n) is 5.85. The van der Waals surface area contributed by atoms with Crippen LogP contribution in [0.25, 0.3) is 0 Å². The van der Waals surface area contributed by atoms with Gasteiger partial charge >= 0.3 is 0 Å². The molecule has 0 unspecified atom stereocenters. The lowest BCUT2D eigenvalue weighted by Gasteiger charge is -2.32. The van der Waals surface area contributed by atoms with Crippen molar-refractivity contribution in [2.24, 2.45) is 0 Å². The number of carbonyl (C=O) groups is 2. The summed E-state index contributed by atoms with van der Waals surface area (Å²) in [5, 5.41) is 3.62. The molecule has 12 heteroatoms. The van der Waals surface area contributed by atoms with Crippen LogP contribution in [0.2, 0.25) is 10.0 Å². The number of hydrogen-bond acceptors (Lipinski definition) is 6. The molecule has 0 saturated heterocycles. The Labute approximate surface area is 221 Å². The fourth-order valence-electron chi connectivity index (χ4n) is 3.54. The van der Waals surface area contributed by atoms with Gasteiger partial charge in [-0.3, -0.25) is 13.9 Å². The van der Waals surface area contributed by atoms with Crippen LogP contribution in [0.1, 0.15) is 32.8 Å². The molecule has 196 valence electrons. The van der Waals surface area contributed by atoms with E-state index in [1.807, 2.05) is 13.8 Å². The quantitative estimate of drug-likeness (QED) is 0.476. The summed E-state index contributed by atoms with van der Waals surface area (Å²) in [6.07, 6.45) is 1.71. The molecule has 0 aromatic heterocycles. The average molecular weight is 558 g/mol.